The van der Waals surface area contributed by atoms with E-state index in [1.54, 1.807) is 42.5 Å². The summed E-state index contributed by atoms with van der Waals surface area (Å²) in [5.74, 6) is -0.830. The van der Waals surface area contributed by atoms with Crippen LogP contribution in [0.1, 0.15) is 35.3 Å². The molecule has 8 heteroatoms. The van der Waals surface area contributed by atoms with Gasteiger partial charge in [0.25, 0.3) is 0 Å². The lowest BCUT2D eigenvalue weighted by Gasteiger charge is -2.17. The highest BCUT2D eigenvalue weighted by Crippen LogP contribution is 2.37. The number of carbonyl (C=O) groups is 1. The lowest BCUT2D eigenvalue weighted by atomic mass is 9.99. The molecule has 0 aliphatic carbocycles. The molecule has 0 aliphatic rings. The average Bonchev–Trinajstić information content (AvgIpc) is 3.40. The highest BCUT2D eigenvalue weighted by Gasteiger charge is 2.27. The topological polar surface area (TPSA) is 86.0 Å². The van der Waals surface area contributed by atoms with E-state index in [2.05, 4.69) is 18.7 Å². The van der Waals surface area contributed by atoms with Crippen LogP contribution < -0.4 is 4.74 Å². The number of nitrogens with zero attached hydrogens (tertiary/aromatic N) is 1. The van der Waals surface area contributed by atoms with Crippen LogP contribution in [-0.2, 0) is 20.3 Å². The fraction of sp³-hybridized carbons (Fsp3) is 0.296. The van der Waals surface area contributed by atoms with Crippen molar-refractivity contribution >= 4 is 21.9 Å². The second-order valence-electron chi connectivity index (χ2n) is 7.87. The van der Waals surface area contributed by atoms with E-state index in [4.69, 9.17) is 13.9 Å². The zero-order valence-electron chi connectivity index (χ0n) is 20.5. The van der Waals surface area contributed by atoms with E-state index in [9.17, 15) is 13.2 Å². The molecule has 0 amide bonds. The van der Waals surface area contributed by atoms with E-state index in [0.29, 0.717) is 22.3 Å². The smallest absolute Gasteiger partial charge is 0.341 e. The van der Waals surface area contributed by atoms with E-state index in [1.807, 2.05) is 12.2 Å². The van der Waals surface area contributed by atoms with Crippen molar-refractivity contribution in [2.24, 2.45) is 0 Å². The van der Waals surface area contributed by atoms with Gasteiger partial charge in [-0.3, -0.25) is 0 Å². The lowest BCUT2D eigenvalue weighted by Crippen LogP contribution is -2.22. The van der Waals surface area contributed by atoms with E-state index in [-0.39, 0.29) is 22.0 Å². The van der Waals surface area contributed by atoms with Gasteiger partial charge in [-0.1, -0.05) is 56.3 Å². The van der Waals surface area contributed by atoms with Crippen LogP contribution >= 0.6 is 0 Å². The summed E-state index contributed by atoms with van der Waals surface area (Å²) < 4.78 is 42.8. The molecule has 3 aromatic rings. The maximum atomic E-state index is 13.6. The summed E-state index contributed by atoms with van der Waals surface area (Å²) in [6.45, 7) is 6.71. The minimum atomic E-state index is -3.81. The Labute approximate surface area is 206 Å². The number of carbonyl (C=O) groups excluding carboxylic acids is 1. The number of benzene rings is 2. The van der Waals surface area contributed by atoms with Crippen LogP contribution in [0.25, 0.3) is 17.2 Å². The molecule has 2 aromatic carbocycles. The lowest BCUT2D eigenvalue weighted by molar-refractivity contribution is 0.0596. The third-order valence-corrected chi connectivity index (χ3v) is 7.56. The first-order valence-corrected chi connectivity index (χ1v) is 13.0. The zero-order valence-corrected chi connectivity index (χ0v) is 21.3. The molecular formula is C27H31NO6S. The van der Waals surface area contributed by atoms with Crippen LogP contribution in [0.5, 0.6) is 5.75 Å². The van der Waals surface area contributed by atoms with Crippen LogP contribution in [0.15, 0.2) is 70.4 Å². The van der Waals surface area contributed by atoms with Crippen molar-refractivity contribution < 1.29 is 27.1 Å². The number of hydrogen-bond acceptors (Lipinski definition) is 7. The van der Waals surface area contributed by atoms with Gasteiger partial charge in [0.1, 0.15) is 11.3 Å². The molecule has 0 saturated heterocycles. The molecule has 1 aromatic heterocycles. The van der Waals surface area contributed by atoms with E-state index >= 15 is 0 Å². The Hall–Kier alpha value is -3.36. The molecule has 1 heterocycles. The van der Waals surface area contributed by atoms with Gasteiger partial charge >= 0.3 is 5.97 Å². The van der Waals surface area contributed by atoms with Crippen LogP contribution in [0, 0.1) is 0 Å². The molecule has 0 atom stereocenters. The standard InChI is InChI=1S/C27H31NO6S/c1-5-28(6-2)16-9-11-20-10-7-8-12-24(20)35(30,31)19-22-13-14-23(21-15-17-34-18-21)26(32-3)25(22)27(29)33-4/h7-15,17-18H,5-6,16,19H2,1-4H3/b11-9+. The Morgan fingerprint density at radius 3 is 2.43 bits per heavy atom. The molecule has 3 rings (SSSR count). The highest BCUT2D eigenvalue weighted by molar-refractivity contribution is 7.90. The predicted molar refractivity (Wildman–Crippen MR) is 136 cm³/mol. The van der Waals surface area contributed by atoms with Crippen molar-refractivity contribution in [3.05, 3.63) is 77.8 Å². The normalized spacial score (nSPS) is 11.8. The predicted octanol–water partition coefficient (Wildman–Crippen LogP) is 5.07. The number of ether oxygens (including phenoxy) is 2. The SMILES string of the molecule is CCN(CC)C/C=C/c1ccccc1S(=O)(=O)Cc1ccc(-c2ccoc2)c(OC)c1C(=O)OC. The van der Waals surface area contributed by atoms with Crippen LogP contribution in [0.3, 0.4) is 0 Å². The van der Waals surface area contributed by atoms with Crippen molar-refractivity contribution in [1.82, 2.24) is 4.90 Å². The van der Waals surface area contributed by atoms with Crippen molar-refractivity contribution in [3.8, 4) is 16.9 Å². The Morgan fingerprint density at radius 2 is 1.80 bits per heavy atom. The number of rotatable bonds is 11. The third-order valence-electron chi connectivity index (χ3n) is 5.82. The van der Waals surface area contributed by atoms with Crippen LogP contribution in [0.4, 0.5) is 0 Å². The van der Waals surface area contributed by atoms with Gasteiger partial charge in [0.15, 0.2) is 9.84 Å². The largest absolute Gasteiger partial charge is 0.495 e. The van der Waals surface area contributed by atoms with Crippen molar-refractivity contribution in [1.29, 1.82) is 0 Å². The van der Waals surface area contributed by atoms with Gasteiger partial charge in [-0.2, -0.15) is 0 Å². The minimum Gasteiger partial charge on any atom is -0.495 e. The Morgan fingerprint density at radius 1 is 1.06 bits per heavy atom. The van der Waals surface area contributed by atoms with E-state index in [0.717, 1.165) is 19.6 Å². The minimum absolute atomic E-state index is 0.0758. The average molecular weight is 498 g/mol. The first kappa shape index (κ1) is 26.2. The summed E-state index contributed by atoms with van der Waals surface area (Å²) in [4.78, 5) is 15.2. The molecule has 0 unspecified atom stereocenters. The van der Waals surface area contributed by atoms with Gasteiger partial charge in [-0.15, -0.1) is 0 Å². The molecule has 0 spiro atoms. The Balaban J connectivity index is 2.03. The number of hydrogen-bond donors (Lipinski definition) is 0. The summed E-state index contributed by atoms with van der Waals surface area (Å²) in [6.07, 6.45) is 6.82. The molecule has 0 fully saturated rings. The number of likely N-dealkylation sites (N-methyl/N-ethyl adjacent to an activating group) is 1. The maximum absolute atomic E-state index is 13.6. The van der Waals surface area contributed by atoms with E-state index in [1.165, 1.54) is 26.7 Å². The summed E-state index contributed by atoms with van der Waals surface area (Å²) in [5, 5.41) is 0. The highest BCUT2D eigenvalue weighted by atomic mass is 32.2. The second kappa shape index (κ2) is 11.9. The number of methoxy groups -OCH3 is 2. The fourth-order valence-corrected chi connectivity index (χ4v) is 5.51. The number of esters is 1. The molecule has 0 N–H and O–H groups in total. The first-order chi connectivity index (χ1) is 16.9. The quantitative estimate of drug-likeness (QED) is 0.342. The van der Waals surface area contributed by atoms with Gasteiger partial charge in [0.05, 0.1) is 37.4 Å². The molecule has 186 valence electrons. The summed E-state index contributed by atoms with van der Waals surface area (Å²) in [5.41, 5.74) is 2.27. The Kier molecular flexibility index (Phi) is 8.89. The van der Waals surface area contributed by atoms with Crippen molar-refractivity contribution in [3.63, 3.8) is 0 Å². The van der Waals surface area contributed by atoms with Crippen LogP contribution in [0.2, 0.25) is 0 Å². The van der Waals surface area contributed by atoms with Gasteiger partial charge in [0.2, 0.25) is 0 Å². The van der Waals surface area contributed by atoms with Crippen molar-refractivity contribution in [2.75, 3.05) is 33.9 Å². The van der Waals surface area contributed by atoms with Crippen molar-refractivity contribution in [2.45, 2.75) is 24.5 Å². The number of furan rings is 1. The molecule has 0 radical (unpaired) electrons. The molecule has 0 bridgehead atoms. The molecule has 7 nitrogen and oxygen atoms in total. The van der Waals surface area contributed by atoms with Gasteiger partial charge < -0.3 is 18.8 Å². The summed E-state index contributed by atoms with van der Waals surface area (Å²) in [6, 6.07) is 11.9. The fourth-order valence-electron chi connectivity index (χ4n) is 3.92. The van der Waals surface area contributed by atoms with E-state index < -0.39 is 15.8 Å². The third kappa shape index (κ3) is 6.01. The van der Waals surface area contributed by atoms with Gasteiger partial charge in [-0.25, -0.2) is 13.2 Å². The zero-order chi connectivity index (χ0) is 25.4. The number of sulfone groups is 1. The molecule has 35 heavy (non-hydrogen) atoms. The summed E-state index contributed by atoms with van der Waals surface area (Å²) in [7, 11) is -1.13. The Bertz CT molecular complexity index is 1280. The van der Waals surface area contributed by atoms with Crippen LogP contribution in [-0.4, -0.2) is 53.1 Å². The maximum Gasteiger partial charge on any atom is 0.341 e. The first-order valence-electron chi connectivity index (χ1n) is 11.4. The second-order valence-corrected chi connectivity index (χ2v) is 9.83. The molecule has 0 saturated carbocycles. The monoisotopic (exact) mass is 497 g/mol. The molecule has 0 aliphatic heterocycles. The van der Waals surface area contributed by atoms with Gasteiger partial charge in [0, 0.05) is 17.7 Å². The van der Waals surface area contributed by atoms with Gasteiger partial charge in [-0.05, 0) is 36.3 Å². The summed E-state index contributed by atoms with van der Waals surface area (Å²) >= 11 is 0. The molecular weight excluding hydrogens is 466 g/mol.